The van der Waals surface area contributed by atoms with E-state index in [2.05, 4.69) is 5.73 Å². The van der Waals surface area contributed by atoms with Gasteiger partial charge in [0.05, 0.1) is 19.8 Å². The molecule has 8 nitrogen and oxygen atoms in total. The Balaban J connectivity index is 2.13. The van der Waals surface area contributed by atoms with Gasteiger partial charge in [0.2, 0.25) is 0 Å². The molecule has 0 amide bonds. The maximum Gasteiger partial charge on any atom is 0.198 e. The van der Waals surface area contributed by atoms with Crippen LogP contribution in [-0.4, -0.2) is 70.9 Å². The molecule has 1 aliphatic heterocycles. The number of rotatable bonds is 6. The second kappa shape index (κ2) is 7.73. The molecular formula is C14H22NO7+. The van der Waals surface area contributed by atoms with Crippen LogP contribution in [0.25, 0.3) is 0 Å². The van der Waals surface area contributed by atoms with E-state index in [0.717, 1.165) is 0 Å². The van der Waals surface area contributed by atoms with Crippen molar-refractivity contribution in [2.75, 3.05) is 19.8 Å². The van der Waals surface area contributed by atoms with Crippen LogP contribution in [0.4, 0.5) is 0 Å². The number of ether oxygens (including phenoxy) is 3. The topological polar surface area (TPSA) is 136 Å². The largest absolute Gasteiger partial charge is 0.508 e. The Morgan fingerprint density at radius 2 is 1.82 bits per heavy atom. The summed E-state index contributed by atoms with van der Waals surface area (Å²) in [6.07, 6.45) is -5.48. The third-order valence-corrected chi connectivity index (χ3v) is 3.36. The number of benzene rings is 1. The fourth-order valence-electron chi connectivity index (χ4n) is 2.20. The van der Waals surface area contributed by atoms with Gasteiger partial charge in [0.1, 0.15) is 29.8 Å². The predicted molar refractivity (Wildman–Crippen MR) is 74.0 cm³/mol. The Kier molecular flexibility index (Phi) is 5.95. The van der Waals surface area contributed by atoms with Gasteiger partial charge in [-0.25, -0.2) is 0 Å². The standard InChI is InChI=1S/C14H21NO7/c15-5-6-20-14-13(12(19)11(18)10(7-16)22-14)21-9-3-1-8(17)2-4-9/h1-4,10-14,16-19H,5-7,15H2/p+1/t10?,11-,12?,13?,14+/m1/s1. The molecule has 0 bridgehead atoms. The van der Waals surface area contributed by atoms with Gasteiger partial charge in [0.25, 0.3) is 0 Å². The molecular weight excluding hydrogens is 294 g/mol. The summed E-state index contributed by atoms with van der Waals surface area (Å²) in [5, 5.41) is 38.6. The van der Waals surface area contributed by atoms with Crippen molar-refractivity contribution in [3.63, 3.8) is 0 Å². The van der Waals surface area contributed by atoms with E-state index in [1.165, 1.54) is 24.3 Å². The van der Waals surface area contributed by atoms with Crippen LogP contribution in [0.1, 0.15) is 0 Å². The minimum absolute atomic E-state index is 0.0815. The Morgan fingerprint density at radius 3 is 2.41 bits per heavy atom. The number of quaternary nitrogens is 1. The molecule has 3 unspecified atom stereocenters. The molecule has 0 spiro atoms. The third-order valence-electron chi connectivity index (χ3n) is 3.36. The van der Waals surface area contributed by atoms with Gasteiger partial charge in [-0.2, -0.15) is 0 Å². The lowest BCUT2D eigenvalue weighted by Gasteiger charge is -2.41. The molecule has 1 saturated heterocycles. The van der Waals surface area contributed by atoms with E-state index in [0.29, 0.717) is 12.3 Å². The van der Waals surface area contributed by atoms with E-state index in [4.69, 9.17) is 14.2 Å². The van der Waals surface area contributed by atoms with E-state index in [9.17, 15) is 20.4 Å². The highest BCUT2D eigenvalue weighted by atomic mass is 16.7. The third kappa shape index (κ3) is 3.86. The van der Waals surface area contributed by atoms with Crippen LogP contribution in [0.5, 0.6) is 11.5 Å². The number of aliphatic hydroxyl groups is 3. The molecule has 1 fully saturated rings. The molecule has 2 rings (SSSR count). The van der Waals surface area contributed by atoms with Crippen LogP contribution < -0.4 is 10.5 Å². The first kappa shape index (κ1) is 16.9. The maximum absolute atomic E-state index is 10.2. The fraction of sp³-hybridized carbons (Fsp3) is 0.571. The fourth-order valence-corrected chi connectivity index (χ4v) is 2.20. The van der Waals surface area contributed by atoms with Gasteiger partial charge in [-0.1, -0.05) is 0 Å². The molecule has 1 aromatic rings. The van der Waals surface area contributed by atoms with Crippen LogP contribution in [0.3, 0.4) is 0 Å². The average molecular weight is 316 g/mol. The van der Waals surface area contributed by atoms with E-state index in [-0.39, 0.29) is 12.4 Å². The van der Waals surface area contributed by atoms with Crippen molar-refractivity contribution >= 4 is 0 Å². The van der Waals surface area contributed by atoms with Crippen molar-refractivity contribution in [1.29, 1.82) is 0 Å². The summed E-state index contributed by atoms with van der Waals surface area (Å²) in [5.41, 5.74) is 3.65. The highest BCUT2D eigenvalue weighted by molar-refractivity contribution is 5.30. The Bertz CT molecular complexity index is 455. The van der Waals surface area contributed by atoms with Gasteiger partial charge >= 0.3 is 0 Å². The van der Waals surface area contributed by atoms with Crippen LogP contribution in [-0.2, 0) is 9.47 Å². The molecule has 0 saturated carbocycles. The van der Waals surface area contributed by atoms with E-state index < -0.39 is 37.3 Å². The molecule has 124 valence electrons. The number of hydrogen-bond donors (Lipinski definition) is 5. The molecule has 5 atom stereocenters. The molecule has 1 aromatic carbocycles. The Labute approximate surface area is 127 Å². The number of aliphatic hydroxyl groups excluding tert-OH is 3. The van der Waals surface area contributed by atoms with E-state index in [1.54, 1.807) is 0 Å². The molecule has 7 N–H and O–H groups in total. The zero-order valence-corrected chi connectivity index (χ0v) is 12.0. The lowest BCUT2D eigenvalue weighted by atomic mass is 9.99. The monoisotopic (exact) mass is 316 g/mol. The number of phenolic OH excluding ortho intramolecular Hbond substituents is 1. The molecule has 8 heteroatoms. The highest BCUT2D eigenvalue weighted by Gasteiger charge is 2.46. The smallest absolute Gasteiger partial charge is 0.198 e. The molecule has 1 heterocycles. The normalized spacial score (nSPS) is 31.9. The van der Waals surface area contributed by atoms with Gasteiger partial charge in [-0.3, -0.25) is 0 Å². The summed E-state index contributed by atoms with van der Waals surface area (Å²) >= 11 is 0. The summed E-state index contributed by atoms with van der Waals surface area (Å²) in [4.78, 5) is 0. The number of phenols is 1. The summed E-state index contributed by atoms with van der Waals surface area (Å²) in [5.74, 6) is 0.460. The van der Waals surface area contributed by atoms with Crippen molar-refractivity contribution in [2.45, 2.75) is 30.7 Å². The molecule has 0 aromatic heterocycles. The first-order valence-corrected chi connectivity index (χ1v) is 7.05. The first-order valence-electron chi connectivity index (χ1n) is 7.05. The zero-order chi connectivity index (χ0) is 16.1. The van der Waals surface area contributed by atoms with Crippen LogP contribution in [0.2, 0.25) is 0 Å². The van der Waals surface area contributed by atoms with Gasteiger partial charge < -0.3 is 40.4 Å². The lowest BCUT2D eigenvalue weighted by molar-refractivity contribution is -0.385. The Morgan fingerprint density at radius 1 is 1.14 bits per heavy atom. The Hall–Kier alpha value is -1.42. The van der Waals surface area contributed by atoms with Gasteiger partial charge in [-0.15, -0.1) is 0 Å². The van der Waals surface area contributed by atoms with Crippen LogP contribution in [0.15, 0.2) is 24.3 Å². The van der Waals surface area contributed by atoms with Crippen molar-refractivity contribution < 1.29 is 40.4 Å². The summed E-state index contributed by atoms with van der Waals surface area (Å²) in [7, 11) is 0. The molecule has 0 aliphatic carbocycles. The first-order chi connectivity index (χ1) is 10.6. The summed E-state index contributed by atoms with van der Waals surface area (Å²) < 4.78 is 16.5. The predicted octanol–water partition coefficient (Wildman–Crippen LogP) is -2.16. The molecule has 1 aliphatic rings. The van der Waals surface area contributed by atoms with Gasteiger partial charge in [-0.05, 0) is 24.3 Å². The zero-order valence-electron chi connectivity index (χ0n) is 12.0. The van der Waals surface area contributed by atoms with Crippen LogP contribution >= 0.6 is 0 Å². The van der Waals surface area contributed by atoms with E-state index in [1.807, 2.05) is 0 Å². The van der Waals surface area contributed by atoms with Crippen molar-refractivity contribution in [3.8, 4) is 11.5 Å². The SMILES string of the molecule is [NH3+]CCO[C@H]1OC(CO)[C@@H](O)C(O)C1Oc1ccc(O)cc1. The van der Waals surface area contributed by atoms with Gasteiger partial charge in [0, 0.05) is 0 Å². The minimum atomic E-state index is -1.30. The lowest BCUT2D eigenvalue weighted by Crippen LogP contribution is -2.62. The second-order valence-electron chi connectivity index (χ2n) is 5.01. The number of hydrogen-bond acceptors (Lipinski definition) is 7. The minimum Gasteiger partial charge on any atom is -0.508 e. The molecule has 22 heavy (non-hydrogen) atoms. The van der Waals surface area contributed by atoms with Crippen molar-refractivity contribution in [3.05, 3.63) is 24.3 Å². The van der Waals surface area contributed by atoms with E-state index >= 15 is 0 Å². The molecule has 0 radical (unpaired) electrons. The summed E-state index contributed by atoms with van der Waals surface area (Å²) in [6, 6.07) is 5.91. The average Bonchev–Trinajstić information content (AvgIpc) is 2.53. The highest BCUT2D eigenvalue weighted by Crippen LogP contribution is 2.27. The quantitative estimate of drug-likeness (QED) is 0.403. The van der Waals surface area contributed by atoms with Gasteiger partial charge in [0.15, 0.2) is 12.4 Å². The maximum atomic E-state index is 10.2. The van der Waals surface area contributed by atoms with Crippen molar-refractivity contribution in [1.82, 2.24) is 0 Å². The van der Waals surface area contributed by atoms with Crippen LogP contribution in [0, 0.1) is 0 Å². The number of aromatic hydroxyl groups is 1. The second-order valence-corrected chi connectivity index (χ2v) is 5.01. The summed E-state index contributed by atoms with van der Waals surface area (Å²) in [6.45, 7) is 0.323. The van der Waals surface area contributed by atoms with Crippen molar-refractivity contribution in [2.24, 2.45) is 0 Å².